The SMILES string of the molecule is Cc1cc(NC(=O)CSc2nccs2)n(-c2ccc(F)cc2)n1. The Labute approximate surface area is 140 Å². The maximum absolute atomic E-state index is 13.0. The molecule has 0 radical (unpaired) electrons. The van der Waals surface area contributed by atoms with Gasteiger partial charge in [-0.1, -0.05) is 11.8 Å². The summed E-state index contributed by atoms with van der Waals surface area (Å²) in [5, 5.41) is 9.03. The van der Waals surface area contributed by atoms with Gasteiger partial charge in [0.2, 0.25) is 5.91 Å². The molecule has 0 aliphatic rings. The summed E-state index contributed by atoms with van der Waals surface area (Å²) < 4.78 is 15.5. The Balaban J connectivity index is 1.72. The quantitative estimate of drug-likeness (QED) is 0.717. The number of halogens is 1. The molecule has 1 amide bonds. The van der Waals surface area contributed by atoms with Crippen LogP contribution in [-0.2, 0) is 4.79 Å². The molecule has 2 heterocycles. The normalized spacial score (nSPS) is 10.7. The summed E-state index contributed by atoms with van der Waals surface area (Å²) in [6, 6.07) is 7.71. The lowest BCUT2D eigenvalue weighted by molar-refractivity contribution is -0.113. The maximum atomic E-state index is 13.0. The summed E-state index contributed by atoms with van der Waals surface area (Å²) in [6.45, 7) is 1.83. The average Bonchev–Trinajstić information content (AvgIpc) is 3.16. The van der Waals surface area contributed by atoms with E-state index >= 15 is 0 Å². The fourth-order valence-corrected chi connectivity index (χ4v) is 3.39. The Bertz CT molecular complexity index is 800. The third-order valence-electron chi connectivity index (χ3n) is 2.91. The highest BCUT2D eigenvalue weighted by molar-refractivity contribution is 8.01. The van der Waals surface area contributed by atoms with Crippen molar-refractivity contribution in [2.24, 2.45) is 0 Å². The van der Waals surface area contributed by atoms with Gasteiger partial charge in [-0.3, -0.25) is 4.79 Å². The molecule has 2 aromatic heterocycles. The summed E-state index contributed by atoms with van der Waals surface area (Å²) in [7, 11) is 0. The van der Waals surface area contributed by atoms with E-state index in [0.717, 1.165) is 10.0 Å². The molecule has 0 saturated heterocycles. The van der Waals surface area contributed by atoms with Gasteiger partial charge in [0.05, 0.1) is 17.1 Å². The highest BCUT2D eigenvalue weighted by atomic mass is 32.2. The largest absolute Gasteiger partial charge is 0.310 e. The zero-order chi connectivity index (χ0) is 16.2. The van der Waals surface area contributed by atoms with Gasteiger partial charge in [0.15, 0.2) is 0 Å². The first-order valence-electron chi connectivity index (χ1n) is 6.76. The summed E-state index contributed by atoms with van der Waals surface area (Å²) >= 11 is 2.88. The number of nitrogens with one attached hydrogen (secondary N) is 1. The second-order valence-corrected chi connectivity index (χ2v) is 6.81. The molecule has 0 aliphatic carbocycles. The molecule has 23 heavy (non-hydrogen) atoms. The monoisotopic (exact) mass is 348 g/mol. The first-order valence-corrected chi connectivity index (χ1v) is 8.63. The molecule has 0 fully saturated rings. The first-order chi connectivity index (χ1) is 11.1. The van der Waals surface area contributed by atoms with E-state index in [1.54, 1.807) is 29.1 Å². The van der Waals surface area contributed by atoms with E-state index in [2.05, 4.69) is 15.4 Å². The summed E-state index contributed by atoms with van der Waals surface area (Å²) in [6.07, 6.45) is 1.71. The van der Waals surface area contributed by atoms with Gasteiger partial charge >= 0.3 is 0 Å². The number of thioether (sulfide) groups is 1. The minimum Gasteiger partial charge on any atom is -0.310 e. The molecular formula is C15H13FN4OS2. The zero-order valence-electron chi connectivity index (χ0n) is 12.2. The number of anilines is 1. The van der Waals surface area contributed by atoms with Crippen LogP contribution >= 0.6 is 23.1 Å². The van der Waals surface area contributed by atoms with Crippen molar-refractivity contribution >= 4 is 34.8 Å². The van der Waals surface area contributed by atoms with E-state index in [1.807, 2.05) is 12.3 Å². The second-order valence-electron chi connectivity index (χ2n) is 4.69. The Hall–Kier alpha value is -2.19. The molecule has 3 aromatic rings. The molecule has 0 aliphatic heterocycles. The van der Waals surface area contributed by atoms with E-state index in [0.29, 0.717) is 11.5 Å². The smallest absolute Gasteiger partial charge is 0.235 e. The van der Waals surface area contributed by atoms with Crippen molar-refractivity contribution < 1.29 is 9.18 Å². The van der Waals surface area contributed by atoms with Crippen LogP contribution in [-0.4, -0.2) is 26.4 Å². The van der Waals surface area contributed by atoms with E-state index in [4.69, 9.17) is 0 Å². The second kappa shape index (κ2) is 6.93. The van der Waals surface area contributed by atoms with Crippen molar-refractivity contribution in [1.29, 1.82) is 0 Å². The van der Waals surface area contributed by atoms with Crippen LogP contribution in [0.3, 0.4) is 0 Å². The van der Waals surface area contributed by atoms with Crippen molar-refractivity contribution in [3.8, 4) is 5.69 Å². The Morgan fingerprint density at radius 1 is 1.39 bits per heavy atom. The third-order valence-corrected chi connectivity index (χ3v) is 4.87. The minimum atomic E-state index is -0.317. The number of carbonyl (C=O) groups excluding carboxylic acids is 1. The minimum absolute atomic E-state index is 0.145. The van der Waals surface area contributed by atoms with Gasteiger partial charge in [-0.25, -0.2) is 14.1 Å². The van der Waals surface area contributed by atoms with Crippen LogP contribution in [0, 0.1) is 12.7 Å². The van der Waals surface area contributed by atoms with Gasteiger partial charge in [0, 0.05) is 17.6 Å². The molecule has 8 heteroatoms. The molecule has 0 spiro atoms. The number of hydrogen-bond donors (Lipinski definition) is 1. The Morgan fingerprint density at radius 3 is 2.87 bits per heavy atom. The van der Waals surface area contributed by atoms with Crippen molar-refractivity contribution in [2.45, 2.75) is 11.3 Å². The Morgan fingerprint density at radius 2 is 2.17 bits per heavy atom. The van der Waals surface area contributed by atoms with E-state index in [1.165, 1.54) is 35.2 Å². The van der Waals surface area contributed by atoms with E-state index < -0.39 is 0 Å². The lowest BCUT2D eigenvalue weighted by Crippen LogP contribution is -2.16. The van der Waals surface area contributed by atoms with Crippen LogP contribution in [0.15, 0.2) is 46.2 Å². The number of rotatable bonds is 5. The molecule has 118 valence electrons. The number of aromatic nitrogens is 3. The van der Waals surface area contributed by atoms with Crippen molar-refractivity contribution in [2.75, 3.05) is 11.1 Å². The Kier molecular flexibility index (Phi) is 4.73. The summed E-state index contributed by atoms with van der Waals surface area (Å²) in [5.41, 5.74) is 1.44. The lowest BCUT2D eigenvalue weighted by atomic mass is 10.3. The molecule has 0 bridgehead atoms. The molecule has 0 atom stereocenters. The zero-order valence-corrected chi connectivity index (χ0v) is 13.8. The van der Waals surface area contributed by atoms with E-state index in [9.17, 15) is 9.18 Å². The standard InChI is InChI=1S/C15H13FN4OS2/c1-10-8-13(18-14(21)9-23-15-17-6-7-22-15)20(19-10)12-4-2-11(16)3-5-12/h2-8H,9H2,1H3,(H,18,21). The molecule has 1 N–H and O–H groups in total. The number of aryl methyl sites for hydroxylation is 1. The number of hydrogen-bond acceptors (Lipinski definition) is 5. The molecule has 1 aromatic carbocycles. The highest BCUT2D eigenvalue weighted by Gasteiger charge is 2.12. The van der Waals surface area contributed by atoms with Gasteiger partial charge in [0.1, 0.15) is 16.0 Å². The van der Waals surface area contributed by atoms with Crippen LogP contribution in [0.2, 0.25) is 0 Å². The van der Waals surface area contributed by atoms with Crippen LogP contribution in [0.4, 0.5) is 10.2 Å². The number of benzene rings is 1. The van der Waals surface area contributed by atoms with Gasteiger partial charge in [0.25, 0.3) is 0 Å². The van der Waals surface area contributed by atoms with Crippen LogP contribution in [0.1, 0.15) is 5.69 Å². The van der Waals surface area contributed by atoms with Crippen LogP contribution < -0.4 is 5.32 Å². The third kappa shape index (κ3) is 3.96. The average molecular weight is 348 g/mol. The summed E-state index contributed by atoms with van der Waals surface area (Å²) in [4.78, 5) is 16.2. The van der Waals surface area contributed by atoms with Crippen LogP contribution in [0.5, 0.6) is 0 Å². The van der Waals surface area contributed by atoms with Gasteiger partial charge in [-0.2, -0.15) is 5.10 Å². The molecule has 3 rings (SSSR count). The van der Waals surface area contributed by atoms with Crippen molar-refractivity contribution in [3.05, 3.63) is 53.4 Å². The number of nitrogens with zero attached hydrogens (tertiary/aromatic N) is 3. The molecular weight excluding hydrogens is 335 g/mol. The van der Waals surface area contributed by atoms with Crippen LogP contribution in [0.25, 0.3) is 5.69 Å². The number of thiazole rings is 1. The maximum Gasteiger partial charge on any atom is 0.235 e. The van der Waals surface area contributed by atoms with Crippen molar-refractivity contribution in [1.82, 2.24) is 14.8 Å². The van der Waals surface area contributed by atoms with E-state index in [-0.39, 0.29) is 17.5 Å². The fourth-order valence-electron chi connectivity index (χ4n) is 1.96. The molecule has 0 unspecified atom stereocenters. The predicted octanol–water partition coefficient (Wildman–Crippen LogP) is 3.51. The van der Waals surface area contributed by atoms with Gasteiger partial charge in [-0.05, 0) is 31.2 Å². The number of amides is 1. The van der Waals surface area contributed by atoms with Gasteiger partial charge < -0.3 is 5.32 Å². The molecule has 0 saturated carbocycles. The first kappa shape index (κ1) is 15.7. The fraction of sp³-hybridized carbons (Fsp3) is 0.133. The van der Waals surface area contributed by atoms with Gasteiger partial charge in [-0.15, -0.1) is 11.3 Å². The van der Waals surface area contributed by atoms with Crippen molar-refractivity contribution in [3.63, 3.8) is 0 Å². The number of carbonyl (C=O) groups is 1. The summed E-state index contributed by atoms with van der Waals surface area (Å²) in [5.74, 6) is 0.358. The molecule has 5 nitrogen and oxygen atoms in total. The predicted molar refractivity (Wildman–Crippen MR) is 89.7 cm³/mol. The highest BCUT2D eigenvalue weighted by Crippen LogP contribution is 2.21. The topological polar surface area (TPSA) is 59.8 Å². The lowest BCUT2D eigenvalue weighted by Gasteiger charge is -2.08.